The van der Waals surface area contributed by atoms with E-state index in [0.717, 1.165) is 17.7 Å². The Kier molecular flexibility index (Phi) is 7.07. The number of hydrogen-bond acceptors (Lipinski definition) is 5. The molecule has 1 heterocycles. The number of esters is 1. The van der Waals surface area contributed by atoms with Crippen molar-refractivity contribution in [3.8, 4) is 11.5 Å². The smallest absolute Gasteiger partial charge is 0.363 e. The van der Waals surface area contributed by atoms with Crippen LogP contribution in [0.3, 0.4) is 0 Å². The van der Waals surface area contributed by atoms with Crippen LogP contribution in [0.15, 0.2) is 59.2 Å². The molecule has 5 nitrogen and oxygen atoms in total. The Morgan fingerprint density at radius 3 is 2.47 bits per heavy atom. The standard InChI is InChI=1S/C24H14Cl3F2NO4/c1-32-21-8-12(6-17(27)22(21)33-11-13-4-2-3-5-15(13)25)7-20-24(31)34-23(30-20)14-9-18(28)19(29)10-16(14)26/h2-10H,11H2,1H3/b20-7-. The number of ether oxygens (including phenoxy) is 3. The molecule has 0 aliphatic carbocycles. The molecule has 3 aromatic carbocycles. The molecule has 0 N–H and O–H groups in total. The molecule has 1 aliphatic rings. The maximum atomic E-state index is 13.6. The van der Waals surface area contributed by atoms with Gasteiger partial charge in [0, 0.05) is 10.6 Å². The fourth-order valence-electron chi connectivity index (χ4n) is 3.10. The molecule has 0 unspecified atom stereocenters. The van der Waals surface area contributed by atoms with Gasteiger partial charge in [-0.1, -0.05) is 53.0 Å². The number of carbonyl (C=O) groups is 1. The second kappa shape index (κ2) is 10.0. The normalized spacial score (nSPS) is 14.2. The highest BCUT2D eigenvalue weighted by atomic mass is 35.5. The van der Waals surface area contributed by atoms with Crippen molar-refractivity contribution in [1.82, 2.24) is 0 Å². The predicted molar refractivity (Wildman–Crippen MR) is 126 cm³/mol. The first kappa shape index (κ1) is 24.0. The molecule has 0 aromatic heterocycles. The van der Waals surface area contributed by atoms with Crippen LogP contribution in [0.25, 0.3) is 6.08 Å². The van der Waals surface area contributed by atoms with Gasteiger partial charge >= 0.3 is 5.97 Å². The van der Waals surface area contributed by atoms with Crippen molar-refractivity contribution in [2.75, 3.05) is 7.11 Å². The lowest BCUT2D eigenvalue weighted by Gasteiger charge is -2.14. The van der Waals surface area contributed by atoms with Gasteiger partial charge in [-0.25, -0.2) is 18.6 Å². The minimum absolute atomic E-state index is 0.0590. The molecule has 174 valence electrons. The van der Waals surface area contributed by atoms with Crippen LogP contribution in [0, 0.1) is 11.6 Å². The number of benzene rings is 3. The zero-order valence-electron chi connectivity index (χ0n) is 17.4. The highest BCUT2D eigenvalue weighted by molar-refractivity contribution is 6.34. The van der Waals surface area contributed by atoms with Crippen LogP contribution in [0.2, 0.25) is 15.1 Å². The second-order valence-electron chi connectivity index (χ2n) is 7.00. The molecule has 10 heteroatoms. The summed E-state index contributed by atoms with van der Waals surface area (Å²) >= 11 is 18.5. The Morgan fingerprint density at radius 2 is 1.74 bits per heavy atom. The van der Waals surface area contributed by atoms with E-state index < -0.39 is 17.6 Å². The van der Waals surface area contributed by atoms with Crippen LogP contribution in [0.4, 0.5) is 8.78 Å². The maximum Gasteiger partial charge on any atom is 0.363 e. The highest BCUT2D eigenvalue weighted by Gasteiger charge is 2.27. The lowest BCUT2D eigenvalue weighted by molar-refractivity contribution is -0.129. The Hall–Kier alpha value is -3.13. The molecular formula is C24H14Cl3F2NO4. The molecule has 3 aromatic rings. The summed E-state index contributed by atoms with van der Waals surface area (Å²) in [6.45, 7) is 0.158. The lowest BCUT2D eigenvalue weighted by Crippen LogP contribution is -2.07. The summed E-state index contributed by atoms with van der Waals surface area (Å²) in [5.74, 6) is -2.74. The zero-order chi connectivity index (χ0) is 24.4. The first-order valence-corrected chi connectivity index (χ1v) is 10.8. The van der Waals surface area contributed by atoms with E-state index in [1.165, 1.54) is 13.2 Å². The molecule has 0 saturated heterocycles. The fraction of sp³-hybridized carbons (Fsp3) is 0.0833. The number of aliphatic imine (C=N–C) groups is 1. The molecule has 0 spiro atoms. The van der Waals surface area contributed by atoms with Crippen LogP contribution in [-0.2, 0) is 16.1 Å². The Balaban J connectivity index is 1.63. The average molecular weight is 525 g/mol. The average Bonchev–Trinajstić information content (AvgIpc) is 3.16. The first-order chi connectivity index (χ1) is 16.3. The summed E-state index contributed by atoms with van der Waals surface area (Å²) in [6.07, 6.45) is 1.40. The van der Waals surface area contributed by atoms with Crippen LogP contribution in [0.1, 0.15) is 16.7 Å². The maximum absolute atomic E-state index is 13.6. The number of hydrogen-bond donors (Lipinski definition) is 0. The summed E-state index contributed by atoms with van der Waals surface area (Å²) in [6, 6.07) is 11.9. The Labute approximate surface area is 208 Å². The third-order valence-electron chi connectivity index (χ3n) is 4.75. The van der Waals surface area contributed by atoms with Crippen LogP contribution < -0.4 is 9.47 Å². The highest BCUT2D eigenvalue weighted by Crippen LogP contribution is 2.38. The van der Waals surface area contributed by atoms with Gasteiger partial charge in [0.05, 0.1) is 22.7 Å². The lowest BCUT2D eigenvalue weighted by atomic mass is 10.1. The summed E-state index contributed by atoms with van der Waals surface area (Å²) in [7, 11) is 1.44. The van der Waals surface area contributed by atoms with Crippen molar-refractivity contribution in [3.05, 3.63) is 97.6 Å². The van der Waals surface area contributed by atoms with Crippen LogP contribution in [-0.4, -0.2) is 19.0 Å². The molecule has 0 bridgehead atoms. The van der Waals surface area contributed by atoms with E-state index in [-0.39, 0.29) is 39.6 Å². The van der Waals surface area contributed by atoms with Gasteiger partial charge in [0.2, 0.25) is 5.90 Å². The SMILES string of the molecule is COc1cc(/C=C2\N=C(c3cc(F)c(F)cc3Cl)OC2=O)cc(Cl)c1OCc1ccccc1Cl. The minimum Gasteiger partial charge on any atom is -0.493 e. The molecule has 0 saturated carbocycles. The van der Waals surface area contributed by atoms with Gasteiger partial charge in [-0.3, -0.25) is 0 Å². The topological polar surface area (TPSA) is 57.1 Å². The minimum atomic E-state index is -1.15. The monoisotopic (exact) mass is 523 g/mol. The first-order valence-electron chi connectivity index (χ1n) is 9.68. The van der Waals surface area contributed by atoms with Crippen molar-refractivity contribution >= 4 is 52.7 Å². The van der Waals surface area contributed by atoms with Gasteiger partial charge < -0.3 is 14.2 Å². The van der Waals surface area contributed by atoms with E-state index in [0.29, 0.717) is 16.3 Å². The van der Waals surface area contributed by atoms with E-state index in [1.54, 1.807) is 18.2 Å². The van der Waals surface area contributed by atoms with Crippen LogP contribution >= 0.6 is 34.8 Å². The fourth-order valence-corrected chi connectivity index (χ4v) is 3.79. The molecular weight excluding hydrogens is 511 g/mol. The van der Waals surface area contributed by atoms with Crippen LogP contribution in [0.5, 0.6) is 11.5 Å². The summed E-state index contributed by atoms with van der Waals surface area (Å²) in [5, 5.41) is 0.613. The number of methoxy groups -OCH3 is 1. The van der Waals surface area contributed by atoms with Crippen molar-refractivity contribution in [3.63, 3.8) is 0 Å². The summed E-state index contributed by atoms with van der Waals surface area (Å²) < 4.78 is 43.3. The molecule has 34 heavy (non-hydrogen) atoms. The number of carbonyl (C=O) groups excluding carboxylic acids is 1. The quantitative estimate of drug-likeness (QED) is 0.201. The summed E-state index contributed by atoms with van der Waals surface area (Å²) in [4.78, 5) is 16.4. The second-order valence-corrected chi connectivity index (χ2v) is 8.22. The van der Waals surface area contributed by atoms with E-state index >= 15 is 0 Å². The molecule has 0 radical (unpaired) electrons. The number of nitrogens with zero attached hydrogens (tertiary/aromatic N) is 1. The largest absolute Gasteiger partial charge is 0.493 e. The number of halogens is 5. The molecule has 0 atom stereocenters. The van der Waals surface area contributed by atoms with Crippen molar-refractivity contribution < 1.29 is 27.8 Å². The van der Waals surface area contributed by atoms with Crippen molar-refractivity contribution in [2.24, 2.45) is 4.99 Å². The number of cyclic esters (lactones) is 1. The third-order valence-corrected chi connectivity index (χ3v) is 5.71. The Bertz CT molecular complexity index is 1360. The van der Waals surface area contributed by atoms with E-state index in [1.807, 2.05) is 18.2 Å². The summed E-state index contributed by atoms with van der Waals surface area (Å²) in [5.41, 5.74) is 1.06. The molecule has 0 fully saturated rings. The predicted octanol–water partition coefficient (Wildman–Crippen LogP) is 6.86. The molecule has 0 amide bonds. The van der Waals surface area contributed by atoms with Gasteiger partial charge in [0.15, 0.2) is 28.8 Å². The van der Waals surface area contributed by atoms with E-state index in [2.05, 4.69) is 4.99 Å². The number of rotatable bonds is 6. The van der Waals surface area contributed by atoms with Gasteiger partial charge in [-0.2, -0.15) is 0 Å². The molecule has 1 aliphatic heterocycles. The van der Waals surface area contributed by atoms with Gasteiger partial charge in [0.25, 0.3) is 0 Å². The third kappa shape index (κ3) is 5.01. The Morgan fingerprint density at radius 1 is 1.00 bits per heavy atom. The zero-order valence-corrected chi connectivity index (χ0v) is 19.6. The molecule has 4 rings (SSSR count). The van der Waals surface area contributed by atoms with E-state index in [4.69, 9.17) is 49.0 Å². The van der Waals surface area contributed by atoms with Crippen molar-refractivity contribution in [1.29, 1.82) is 0 Å². The van der Waals surface area contributed by atoms with Crippen molar-refractivity contribution in [2.45, 2.75) is 6.61 Å². The van der Waals surface area contributed by atoms with Gasteiger partial charge in [-0.15, -0.1) is 0 Å². The van der Waals surface area contributed by atoms with E-state index in [9.17, 15) is 13.6 Å². The van der Waals surface area contributed by atoms with Gasteiger partial charge in [-0.05, 0) is 42.0 Å². The van der Waals surface area contributed by atoms with Gasteiger partial charge in [0.1, 0.15) is 6.61 Å².